The number of hydrogen-bond donors (Lipinski definition) is 1. The van der Waals surface area contributed by atoms with Crippen LogP contribution in [-0.2, 0) is 6.54 Å². The van der Waals surface area contributed by atoms with Crippen LogP contribution in [0.5, 0.6) is 11.6 Å². The lowest BCUT2D eigenvalue weighted by Gasteiger charge is -2.12. The van der Waals surface area contributed by atoms with Gasteiger partial charge in [0.2, 0.25) is 11.6 Å². The van der Waals surface area contributed by atoms with Crippen molar-refractivity contribution in [2.24, 2.45) is 0 Å². The second-order valence-electron chi connectivity index (χ2n) is 4.83. The molecule has 0 amide bonds. The summed E-state index contributed by atoms with van der Waals surface area (Å²) in [7, 11) is 0. The molecule has 110 valence electrons. The van der Waals surface area contributed by atoms with Gasteiger partial charge >= 0.3 is 5.69 Å². The Morgan fingerprint density at radius 3 is 2.76 bits per heavy atom. The number of nitrogens with zero attached hydrogens (tertiary/aromatic N) is 2. The Hall–Kier alpha value is -2.47. The number of hydrogen-bond acceptors (Lipinski definition) is 5. The van der Waals surface area contributed by atoms with E-state index in [1.807, 2.05) is 26.0 Å². The van der Waals surface area contributed by atoms with Crippen molar-refractivity contribution in [1.82, 2.24) is 10.3 Å². The van der Waals surface area contributed by atoms with Gasteiger partial charge in [-0.3, -0.25) is 10.1 Å². The van der Waals surface area contributed by atoms with Crippen LogP contribution in [0.25, 0.3) is 0 Å². The number of ether oxygens (including phenoxy) is 1. The zero-order valence-corrected chi connectivity index (χ0v) is 11.9. The quantitative estimate of drug-likeness (QED) is 0.651. The van der Waals surface area contributed by atoms with Gasteiger partial charge in [0.05, 0.1) is 4.92 Å². The zero-order valence-electron chi connectivity index (χ0n) is 11.9. The van der Waals surface area contributed by atoms with Crippen LogP contribution in [0.3, 0.4) is 0 Å². The summed E-state index contributed by atoms with van der Waals surface area (Å²) >= 11 is 0. The molecule has 1 N–H and O–H groups in total. The molecule has 6 heteroatoms. The summed E-state index contributed by atoms with van der Waals surface area (Å²) in [4.78, 5) is 14.7. The maximum absolute atomic E-state index is 11.0. The van der Waals surface area contributed by atoms with Gasteiger partial charge in [0.15, 0.2) is 0 Å². The maximum Gasteiger partial charge on any atom is 0.311 e. The molecule has 0 fully saturated rings. The summed E-state index contributed by atoms with van der Waals surface area (Å²) in [6, 6.07) is 10.3. The molecule has 0 bridgehead atoms. The molecule has 0 spiro atoms. The van der Waals surface area contributed by atoms with Crippen LogP contribution in [0.1, 0.15) is 19.4 Å². The van der Waals surface area contributed by atoms with Gasteiger partial charge in [0.1, 0.15) is 0 Å². The van der Waals surface area contributed by atoms with E-state index in [0.29, 0.717) is 18.5 Å². The monoisotopic (exact) mass is 287 g/mol. The van der Waals surface area contributed by atoms with E-state index < -0.39 is 4.92 Å². The Balaban J connectivity index is 2.26. The van der Waals surface area contributed by atoms with Crippen molar-refractivity contribution in [3.8, 4) is 11.6 Å². The number of benzene rings is 1. The van der Waals surface area contributed by atoms with E-state index in [1.54, 1.807) is 24.4 Å². The highest BCUT2D eigenvalue weighted by Gasteiger charge is 2.16. The summed E-state index contributed by atoms with van der Waals surface area (Å²) in [5.74, 6) is 0.562. The largest absolute Gasteiger partial charge is 0.431 e. The number of nitrogens with one attached hydrogen (secondary N) is 1. The van der Waals surface area contributed by atoms with E-state index in [0.717, 1.165) is 5.56 Å². The molecule has 0 saturated carbocycles. The average Bonchev–Trinajstić information content (AvgIpc) is 2.46. The Kier molecular flexibility index (Phi) is 4.84. The van der Waals surface area contributed by atoms with Gasteiger partial charge in [0, 0.05) is 30.4 Å². The zero-order chi connectivity index (χ0) is 15.2. The number of aromatic nitrogens is 1. The Morgan fingerprint density at radius 1 is 1.29 bits per heavy atom. The molecule has 1 heterocycles. The Labute approximate surface area is 122 Å². The Morgan fingerprint density at radius 2 is 2.05 bits per heavy atom. The van der Waals surface area contributed by atoms with Crippen molar-refractivity contribution in [2.45, 2.75) is 26.4 Å². The number of para-hydroxylation sites is 2. The highest BCUT2D eigenvalue weighted by Crippen LogP contribution is 2.31. The SMILES string of the molecule is CC(C)NCc1cccnc1Oc1ccccc1[N+](=O)[O-]. The molecule has 0 radical (unpaired) electrons. The van der Waals surface area contributed by atoms with Gasteiger partial charge in [-0.25, -0.2) is 4.98 Å². The van der Waals surface area contributed by atoms with Gasteiger partial charge in [0.25, 0.3) is 0 Å². The Bertz CT molecular complexity index is 629. The van der Waals surface area contributed by atoms with Crippen LogP contribution >= 0.6 is 0 Å². The lowest BCUT2D eigenvalue weighted by molar-refractivity contribution is -0.385. The van der Waals surface area contributed by atoms with Gasteiger partial charge in [-0.2, -0.15) is 0 Å². The first-order chi connectivity index (χ1) is 10.1. The van der Waals surface area contributed by atoms with Crippen LogP contribution < -0.4 is 10.1 Å². The molecule has 0 unspecified atom stereocenters. The van der Waals surface area contributed by atoms with E-state index in [1.165, 1.54) is 6.07 Å². The lowest BCUT2D eigenvalue weighted by Crippen LogP contribution is -2.22. The van der Waals surface area contributed by atoms with Crippen LogP contribution in [-0.4, -0.2) is 15.9 Å². The first-order valence-corrected chi connectivity index (χ1v) is 6.66. The summed E-state index contributed by atoms with van der Waals surface area (Å²) in [6.45, 7) is 4.67. The summed E-state index contributed by atoms with van der Waals surface area (Å²) in [6.07, 6.45) is 1.60. The van der Waals surface area contributed by atoms with Crippen molar-refractivity contribution >= 4 is 5.69 Å². The van der Waals surface area contributed by atoms with Gasteiger partial charge in [-0.15, -0.1) is 0 Å². The van der Waals surface area contributed by atoms with Gasteiger partial charge < -0.3 is 10.1 Å². The van der Waals surface area contributed by atoms with Crippen LogP contribution in [0.2, 0.25) is 0 Å². The van der Waals surface area contributed by atoms with Gasteiger partial charge in [-0.05, 0) is 12.1 Å². The fraction of sp³-hybridized carbons (Fsp3) is 0.267. The van der Waals surface area contributed by atoms with E-state index in [4.69, 9.17) is 4.74 Å². The summed E-state index contributed by atoms with van der Waals surface area (Å²) in [5.41, 5.74) is 0.773. The molecule has 0 saturated heterocycles. The van der Waals surface area contributed by atoms with E-state index >= 15 is 0 Å². The molecule has 2 aromatic rings. The molecule has 0 aliphatic carbocycles. The van der Waals surface area contributed by atoms with Crippen LogP contribution in [0.4, 0.5) is 5.69 Å². The molecule has 6 nitrogen and oxygen atoms in total. The standard InChI is InChI=1S/C15H17N3O3/c1-11(2)17-10-12-6-5-9-16-15(12)21-14-8-4-3-7-13(14)18(19)20/h3-9,11,17H,10H2,1-2H3. The molecule has 1 aromatic carbocycles. The van der Waals surface area contributed by atoms with Crippen molar-refractivity contribution < 1.29 is 9.66 Å². The molecule has 0 atom stereocenters. The minimum Gasteiger partial charge on any atom is -0.431 e. The number of rotatable bonds is 6. The predicted molar refractivity (Wildman–Crippen MR) is 79.4 cm³/mol. The molecule has 0 aliphatic heterocycles. The second kappa shape index (κ2) is 6.81. The molecule has 21 heavy (non-hydrogen) atoms. The minimum absolute atomic E-state index is 0.0779. The third-order valence-electron chi connectivity index (χ3n) is 2.82. The van der Waals surface area contributed by atoms with Crippen LogP contribution in [0, 0.1) is 10.1 Å². The fourth-order valence-electron chi connectivity index (χ4n) is 1.76. The van der Waals surface area contributed by atoms with E-state index in [9.17, 15) is 10.1 Å². The average molecular weight is 287 g/mol. The third-order valence-corrected chi connectivity index (χ3v) is 2.82. The normalized spacial score (nSPS) is 10.6. The van der Waals surface area contributed by atoms with E-state index in [-0.39, 0.29) is 11.4 Å². The van der Waals surface area contributed by atoms with Crippen molar-refractivity contribution in [2.75, 3.05) is 0 Å². The predicted octanol–water partition coefficient (Wildman–Crippen LogP) is 3.28. The lowest BCUT2D eigenvalue weighted by atomic mass is 10.2. The topological polar surface area (TPSA) is 77.3 Å². The highest BCUT2D eigenvalue weighted by molar-refractivity contribution is 5.48. The van der Waals surface area contributed by atoms with Crippen LogP contribution in [0.15, 0.2) is 42.6 Å². The van der Waals surface area contributed by atoms with Crippen molar-refractivity contribution in [3.63, 3.8) is 0 Å². The minimum atomic E-state index is -0.468. The van der Waals surface area contributed by atoms with Crippen molar-refractivity contribution in [3.05, 3.63) is 58.3 Å². The van der Waals surface area contributed by atoms with Gasteiger partial charge in [-0.1, -0.05) is 32.0 Å². The maximum atomic E-state index is 11.0. The molecule has 1 aromatic heterocycles. The molecular formula is C15H17N3O3. The number of nitro groups is 1. The van der Waals surface area contributed by atoms with Crippen molar-refractivity contribution in [1.29, 1.82) is 0 Å². The highest BCUT2D eigenvalue weighted by atomic mass is 16.6. The molecule has 0 aliphatic rings. The third kappa shape index (κ3) is 4.00. The molecule has 2 rings (SSSR count). The van der Waals surface area contributed by atoms with E-state index in [2.05, 4.69) is 10.3 Å². The second-order valence-corrected chi connectivity index (χ2v) is 4.83. The molecular weight excluding hydrogens is 270 g/mol. The summed E-state index contributed by atoms with van der Waals surface area (Å²) in [5, 5.41) is 14.3. The smallest absolute Gasteiger partial charge is 0.311 e. The number of nitro benzene ring substituents is 1. The fourth-order valence-corrected chi connectivity index (χ4v) is 1.76. The first-order valence-electron chi connectivity index (χ1n) is 6.66. The number of pyridine rings is 1. The first kappa shape index (κ1) is 14.9. The summed E-state index contributed by atoms with van der Waals surface area (Å²) < 4.78 is 5.64.